The van der Waals surface area contributed by atoms with Crippen molar-refractivity contribution in [1.82, 2.24) is 9.99 Å². The van der Waals surface area contributed by atoms with Crippen molar-refractivity contribution in [3.8, 4) is 0 Å². The number of hydrogen-bond acceptors (Lipinski definition) is 7. The van der Waals surface area contributed by atoms with Gasteiger partial charge in [-0.15, -0.1) is 0 Å². The molecule has 7 nitrogen and oxygen atoms in total. The molecule has 1 N–H and O–H groups in total. The van der Waals surface area contributed by atoms with Crippen LogP contribution in [0.1, 0.15) is 18.4 Å². The van der Waals surface area contributed by atoms with Gasteiger partial charge in [0.15, 0.2) is 25.8 Å². The van der Waals surface area contributed by atoms with E-state index in [4.69, 9.17) is 0 Å². The van der Waals surface area contributed by atoms with Crippen LogP contribution in [0.25, 0.3) is 0 Å². The Morgan fingerprint density at radius 1 is 1.27 bits per heavy atom. The topological polar surface area (TPSA) is 91.7 Å². The summed E-state index contributed by atoms with van der Waals surface area (Å²) in [7, 11) is -3.33. The Bertz CT molecular complexity index is 933. The lowest BCUT2D eigenvalue weighted by molar-refractivity contribution is -0.110. The van der Waals surface area contributed by atoms with Crippen molar-refractivity contribution in [3.63, 3.8) is 0 Å². The number of carbonyl (C=O) groups is 1. The number of nitrogens with one attached hydrogen (secondary N) is 1. The first-order valence-corrected chi connectivity index (χ1v) is 10.6. The SMILES string of the molecule is CS(=O)(=O)c1ccc(/C(=N/N2CCCC2)C(=O)Nc2ncc(F)s2)cc1. The molecule has 1 aromatic carbocycles. The van der Waals surface area contributed by atoms with E-state index < -0.39 is 20.9 Å². The molecule has 1 aliphatic rings. The highest BCUT2D eigenvalue weighted by Gasteiger charge is 2.20. The van der Waals surface area contributed by atoms with Crippen LogP contribution in [0, 0.1) is 5.13 Å². The summed E-state index contributed by atoms with van der Waals surface area (Å²) in [6.07, 6.45) is 4.12. The fourth-order valence-corrected chi connectivity index (χ4v) is 3.67. The molecule has 26 heavy (non-hydrogen) atoms. The zero-order valence-corrected chi connectivity index (χ0v) is 15.6. The largest absolute Gasteiger partial charge is 0.296 e. The molecule has 3 rings (SSSR count). The van der Waals surface area contributed by atoms with Crippen LogP contribution in [0.2, 0.25) is 0 Å². The standard InChI is InChI=1S/C16H17FN4O3S2/c1-26(23,24)12-6-4-11(5-7-12)14(20-21-8-2-3-9-21)15(22)19-16-18-10-13(17)25-16/h4-7,10H,2-3,8-9H2,1H3,(H,18,19,22)/b20-14-. The van der Waals surface area contributed by atoms with Gasteiger partial charge in [0, 0.05) is 24.9 Å². The molecule has 0 aliphatic carbocycles. The zero-order valence-electron chi connectivity index (χ0n) is 14.0. The quantitative estimate of drug-likeness (QED) is 0.782. The number of benzene rings is 1. The van der Waals surface area contributed by atoms with Gasteiger partial charge in [0.25, 0.3) is 5.91 Å². The fourth-order valence-electron chi connectivity index (χ4n) is 2.50. The van der Waals surface area contributed by atoms with Gasteiger partial charge in [-0.25, -0.2) is 13.4 Å². The maximum absolute atomic E-state index is 13.1. The minimum Gasteiger partial charge on any atom is -0.296 e. The Kier molecular flexibility index (Phi) is 5.33. The van der Waals surface area contributed by atoms with Crippen molar-refractivity contribution in [3.05, 3.63) is 41.2 Å². The third kappa shape index (κ3) is 4.44. The molecule has 0 bridgehead atoms. The number of aromatic nitrogens is 1. The summed E-state index contributed by atoms with van der Waals surface area (Å²) in [6.45, 7) is 1.48. The van der Waals surface area contributed by atoms with Gasteiger partial charge >= 0.3 is 0 Å². The Morgan fingerprint density at radius 3 is 2.46 bits per heavy atom. The summed E-state index contributed by atoms with van der Waals surface area (Å²) >= 11 is 0.720. The van der Waals surface area contributed by atoms with Crippen LogP contribution in [-0.2, 0) is 14.6 Å². The summed E-state index contributed by atoms with van der Waals surface area (Å²) < 4.78 is 36.3. The highest BCUT2D eigenvalue weighted by Crippen LogP contribution is 2.18. The predicted molar refractivity (Wildman–Crippen MR) is 97.6 cm³/mol. The minimum absolute atomic E-state index is 0.127. The highest BCUT2D eigenvalue weighted by atomic mass is 32.2. The number of rotatable bonds is 5. The molecule has 0 saturated carbocycles. The molecule has 0 radical (unpaired) electrons. The molecule has 138 valence electrons. The molecule has 1 fully saturated rings. The summed E-state index contributed by atoms with van der Waals surface area (Å²) in [5.74, 6) is -0.529. The monoisotopic (exact) mass is 396 g/mol. The normalized spacial score (nSPS) is 15.3. The molecule has 1 saturated heterocycles. The van der Waals surface area contributed by atoms with Crippen LogP contribution in [0.15, 0.2) is 40.5 Å². The second kappa shape index (κ2) is 7.50. The molecule has 0 spiro atoms. The fraction of sp³-hybridized carbons (Fsp3) is 0.312. The molecule has 0 unspecified atom stereocenters. The van der Waals surface area contributed by atoms with Crippen molar-refractivity contribution in [2.75, 3.05) is 24.7 Å². The first-order valence-electron chi connectivity index (χ1n) is 7.89. The lowest BCUT2D eigenvalue weighted by Gasteiger charge is -2.14. The van der Waals surface area contributed by atoms with Crippen LogP contribution in [-0.4, -0.2) is 49.4 Å². The third-order valence-electron chi connectivity index (χ3n) is 3.79. The van der Waals surface area contributed by atoms with Gasteiger partial charge < -0.3 is 0 Å². The molecule has 2 aromatic rings. The molecule has 1 aliphatic heterocycles. The third-order valence-corrected chi connectivity index (χ3v) is 5.62. The van der Waals surface area contributed by atoms with E-state index in [1.54, 1.807) is 5.01 Å². The predicted octanol–water partition coefficient (Wildman–Crippen LogP) is 2.12. The molecular weight excluding hydrogens is 379 g/mol. The maximum atomic E-state index is 13.1. The number of hydrogen-bond donors (Lipinski definition) is 1. The lowest BCUT2D eigenvalue weighted by atomic mass is 10.1. The second-order valence-corrected chi connectivity index (χ2v) is 8.83. The number of hydrazone groups is 1. The number of nitrogens with zero attached hydrogens (tertiary/aromatic N) is 3. The van der Waals surface area contributed by atoms with Crippen molar-refractivity contribution in [1.29, 1.82) is 0 Å². The van der Waals surface area contributed by atoms with E-state index >= 15 is 0 Å². The number of thiazole rings is 1. The van der Waals surface area contributed by atoms with E-state index in [-0.39, 0.29) is 15.7 Å². The van der Waals surface area contributed by atoms with Crippen LogP contribution in [0.4, 0.5) is 9.52 Å². The van der Waals surface area contributed by atoms with E-state index in [1.165, 1.54) is 24.3 Å². The molecule has 10 heteroatoms. The maximum Gasteiger partial charge on any atom is 0.278 e. The van der Waals surface area contributed by atoms with E-state index in [2.05, 4.69) is 15.4 Å². The van der Waals surface area contributed by atoms with Crippen LogP contribution < -0.4 is 5.32 Å². The van der Waals surface area contributed by atoms with Gasteiger partial charge in [0.05, 0.1) is 11.1 Å². The van der Waals surface area contributed by atoms with Crippen molar-refractivity contribution >= 4 is 37.9 Å². The van der Waals surface area contributed by atoms with Gasteiger partial charge in [-0.2, -0.15) is 9.49 Å². The van der Waals surface area contributed by atoms with Crippen LogP contribution >= 0.6 is 11.3 Å². The Balaban J connectivity index is 1.91. The molecule has 0 atom stereocenters. The molecule has 1 aromatic heterocycles. The summed E-state index contributed by atoms with van der Waals surface area (Å²) in [4.78, 5) is 16.6. The second-order valence-electron chi connectivity index (χ2n) is 5.83. The summed E-state index contributed by atoms with van der Waals surface area (Å²) in [6, 6.07) is 5.93. The number of anilines is 1. The smallest absolute Gasteiger partial charge is 0.278 e. The average molecular weight is 396 g/mol. The van der Waals surface area contributed by atoms with Gasteiger partial charge in [-0.05, 0) is 25.0 Å². The zero-order chi connectivity index (χ0) is 18.7. The molecular formula is C16H17FN4O3S2. The van der Waals surface area contributed by atoms with Crippen molar-refractivity contribution in [2.24, 2.45) is 5.10 Å². The Labute approximate surface area is 154 Å². The van der Waals surface area contributed by atoms with Gasteiger partial charge in [-0.1, -0.05) is 23.5 Å². The Hall–Kier alpha value is -2.33. The van der Waals surface area contributed by atoms with Gasteiger partial charge in [-0.3, -0.25) is 15.1 Å². The molecule has 1 amide bonds. The van der Waals surface area contributed by atoms with Crippen molar-refractivity contribution < 1.29 is 17.6 Å². The Morgan fingerprint density at radius 2 is 1.92 bits per heavy atom. The summed E-state index contributed by atoms with van der Waals surface area (Å²) in [5, 5.41) is 8.37. The van der Waals surface area contributed by atoms with E-state index in [9.17, 15) is 17.6 Å². The average Bonchev–Trinajstić information content (AvgIpc) is 3.23. The van der Waals surface area contributed by atoms with Gasteiger partial charge in [0.1, 0.15) is 0 Å². The highest BCUT2D eigenvalue weighted by molar-refractivity contribution is 7.90. The van der Waals surface area contributed by atoms with Crippen molar-refractivity contribution in [2.45, 2.75) is 17.7 Å². The number of sulfone groups is 1. The number of halogens is 1. The van der Waals surface area contributed by atoms with Gasteiger partial charge in [0.2, 0.25) is 0 Å². The lowest BCUT2D eigenvalue weighted by Crippen LogP contribution is -2.27. The van der Waals surface area contributed by atoms with Crippen LogP contribution in [0.3, 0.4) is 0 Å². The first kappa shape index (κ1) is 18.5. The van der Waals surface area contributed by atoms with E-state index in [0.29, 0.717) is 5.56 Å². The minimum atomic E-state index is -3.33. The van der Waals surface area contributed by atoms with E-state index in [1.807, 2.05) is 0 Å². The first-order chi connectivity index (χ1) is 12.3. The number of amides is 1. The summed E-state index contributed by atoms with van der Waals surface area (Å²) in [5.41, 5.74) is 0.599. The number of carbonyl (C=O) groups excluding carboxylic acids is 1. The van der Waals surface area contributed by atoms with E-state index in [0.717, 1.165) is 49.7 Å². The molecule has 2 heterocycles. The van der Waals surface area contributed by atoms with Crippen LogP contribution in [0.5, 0.6) is 0 Å².